The van der Waals surface area contributed by atoms with Crippen LogP contribution in [0.15, 0.2) is 24.3 Å². The lowest BCUT2D eigenvalue weighted by Gasteiger charge is -2.32. The summed E-state index contributed by atoms with van der Waals surface area (Å²) < 4.78 is 0. The minimum atomic E-state index is -0.326. The maximum Gasteiger partial charge on any atom is 0.155 e. The van der Waals surface area contributed by atoms with Gasteiger partial charge >= 0.3 is 0 Å². The molecule has 20 heavy (non-hydrogen) atoms. The molecule has 0 unspecified atom stereocenters. The predicted molar refractivity (Wildman–Crippen MR) is 86.0 cm³/mol. The number of Topliss-reactive ketones (excluding diaryl/α,β-unsaturated/α-hetero) is 1. The van der Waals surface area contributed by atoms with Gasteiger partial charge in [0.05, 0.1) is 6.04 Å². The molecule has 1 rings (SSSR count). The van der Waals surface area contributed by atoms with Gasteiger partial charge < -0.3 is 5.32 Å². The Morgan fingerprint density at radius 3 is 1.95 bits per heavy atom. The summed E-state index contributed by atoms with van der Waals surface area (Å²) in [4.78, 5) is 12.7. The second-order valence-corrected chi connectivity index (χ2v) is 7.75. The van der Waals surface area contributed by atoms with Gasteiger partial charge in [-0.1, -0.05) is 50.6 Å². The molecule has 0 fully saturated rings. The van der Waals surface area contributed by atoms with Crippen LogP contribution in [0.5, 0.6) is 0 Å². The molecule has 1 aromatic carbocycles. The van der Waals surface area contributed by atoms with Gasteiger partial charge in [0.25, 0.3) is 0 Å². The fourth-order valence-electron chi connectivity index (χ4n) is 2.21. The van der Waals surface area contributed by atoms with E-state index in [-0.39, 0.29) is 22.8 Å². The molecule has 0 saturated heterocycles. The van der Waals surface area contributed by atoms with Gasteiger partial charge in [-0.05, 0) is 39.7 Å². The molecular weight excluding hydrogens is 246 g/mol. The standard InChI is InChI=1S/C18H29NO/c1-13-8-10-14(11-9-13)12-15(19-18(5,6)7)16(20)17(2,3)4/h8-11,15,19H,12H2,1-7H3/t15-/m0/s1. The summed E-state index contributed by atoms with van der Waals surface area (Å²) >= 11 is 0. The van der Waals surface area contributed by atoms with Crippen molar-refractivity contribution < 1.29 is 4.79 Å². The second-order valence-electron chi connectivity index (χ2n) is 7.75. The van der Waals surface area contributed by atoms with Crippen LogP contribution < -0.4 is 5.32 Å². The SMILES string of the molecule is Cc1ccc(C[C@H](NC(C)(C)C)C(=O)C(C)(C)C)cc1. The average molecular weight is 275 g/mol. The first-order chi connectivity index (χ1) is 8.99. The lowest BCUT2D eigenvalue weighted by atomic mass is 9.83. The van der Waals surface area contributed by atoms with Gasteiger partial charge in [0, 0.05) is 11.0 Å². The van der Waals surface area contributed by atoms with Crippen LogP contribution in [-0.2, 0) is 11.2 Å². The van der Waals surface area contributed by atoms with Crippen molar-refractivity contribution in [3.05, 3.63) is 35.4 Å². The Bertz CT molecular complexity index is 446. The summed E-state index contributed by atoms with van der Waals surface area (Å²) in [5.74, 6) is 0.271. The van der Waals surface area contributed by atoms with E-state index >= 15 is 0 Å². The van der Waals surface area contributed by atoms with Gasteiger partial charge in [0.15, 0.2) is 5.78 Å². The Hall–Kier alpha value is -1.15. The number of nitrogens with one attached hydrogen (secondary N) is 1. The van der Waals surface area contributed by atoms with Crippen molar-refractivity contribution in [3.63, 3.8) is 0 Å². The van der Waals surface area contributed by atoms with Crippen molar-refractivity contribution in [3.8, 4) is 0 Å². The van der Waals surface area contributed by atoms with Crippen molar-refractivity contribution in [1.82, 2.24) is 5.32 Å². The smallest absolute Gasteiger partial charge is 0.155 e. The van der Waals surface area contributed by atoms with Crippen LogP contribution in [0.25, 0.3) is 0 Å². The van der Waals surface area contributed by atoms with Crippen molar-refractivity contribution in [2.45, 2.75) is 66.5 Å². The number of aryl methyl sites for hydroxylation is 1. The molecule has 1 aromatic rings. The molecule has 0 aliphatic carbocycles. The van der Waals surface area contributed by atoms with E-state index in [2.05, 4.69) is 57.3 Å². The quantitative estimate of drug-likeness (QED) is 0.902. The Kier molecular flexibility index (Phi) is 5.15. The minimum absolute atomic E-state index is 0.0731. The van der Waals surface area contributed by atoms with Crippen LogP contribution in [0.1, 0.15) is 52.7 Å². The monoisotopic (exact) mass is 275 g/mol. The van der Waals surface area contributed by atoms with E-state index < -0.39 is 0 Å². The van der Waals surface area contributed by atoms with E-state index in [0.717, 1.165) is 6.42 Å². The van der Waals surface area contributed by atoms with Crippen LogP contribution in [-0.4, -0.2) is 17.4 Å². The Morgan fingerprint density at radius 2 is 1.55 bits per heavy atom. The zero-order chi connectivity index (χ0) is 15.6. The van der Waals surface area contributed by atoms with Crippen molar-refractivity contribution >= 4 is 5.78 Å². The third kappa shape index (κ3) is 5.46. The van der Waals surface area contributed by atoms with Gasteiger partial charge in [-0.3, -0.25) is 4.79 Å². The normalized spacial score (nSPS) is 14.2. The van der Waals surface area contributed by atoms with Gasteiger partial charge in [0.1, 0.15) is 0 Å². The van der Waals surface area contributed by atoms with Crippen molar-refractivity contribution in [2.24, 2.45) is 5.41 Å². The van der Waals surface area contributed by atoms with Crippen LogP contribution in [0, 0.1) is 12.3 Å². The highest BCUT2D eigenvalue weighted by Gasteiger charge is 2.31. The first-order valence-corrected chi connectivity index (χ1v) is 7.36. The molecule has 0 aromatic heterocycles. The van der Waals surface area contributed by atoms with Crippen LogP contribution in [0.2, 0.25) is 0 Å². The number of carbonyl (C=O) groups excluding carboxylic acids is 1. The molecule has 0 heterocycles. The lowest BCUT2D eigenvalue weighted by molar-refractivity contribution is -0.128. The Morgan fingerprint density at radius 1 is 1.05 bits per heavy atom. The number of rotatable bonds is 4. The molecule has 1 atom stereocenters. The summed E-state index contributed by atoms with van der Waals surface area (Å²) in [6, 6.07) is 8.29. The number of hydrogen-bond acceptors (Lipinski definition) is 2. The highest BCUT2D eigenvalue weighted by Crippen LogP contribution is 2.20. The van der Waals surface area contributed by atoms with Gasteiger partial charge in [0.2, 0.25) is 0 Å². The molecule has 0 saturated carbocycles. The molecule has 0 spiro atoms. The van der Waals surface area contributed by atoms with Crippen LogP contribution in [0.4, 0.5) is 0 Å². The van der Waals surface area contributed by atoms with Crippen LogP contribution >= 0.6 is 0 Å². The Labute approximate surface area is 124 Å². The first kappa shape index (κ1) is 16.9. The number of benzene rings is 1. The fourth-order valence-corrected chi connectivity index (χ4v) is 2.21. The zero-order valence-corrected chi connectivity index (χ0v) is 14.0. The van der Waals surface area contributed by atoms with Crippen LogP contribution in [0.3, 0.4) is 0 Å². The maximum absolute atomic E-state index is 12.7. The molecule has 0 bridgehead atoms. The highest BCUT2D eigenvalue weighted by molar-refractivity contribution is 5.89. The molecule has 0 amide bonds. The molecule has 2 nitrogen and oxygen atoms in total. The predicted octanol–water partition coefficient (Wildman–Crippen LogP) is 3.91. The highest BCUT2D eigenvalue weighted by atomic mass is 16.1. The average Bonchev–Trinajstić information content (AvgIpc) is 2.27. The van der Waals surface area contributed by atoms with E-state index in [1.54, 1.807) is 0 Å². The molecule has 112 valence electrons. The topological polar surface area (TPSA) is 29.1 Å². The summed E-state index contributed by atoms with van der Waals surface area (Å²) in [7, 11) is 0. The molecule has 2 heteroatoms. The molecule has 0 aliphatic heterocycles. The molecule has 1 N–H and O–H groups in total. The second kappa shape index (κ2) is 6.09. The number of hydrogen-bond donors (Lipinski definition) is 1. The van der Waals surface area contributed by atoms with Crippen molar-refractivity contribution in [1.29, 1.82) is 0 Å². The van der Waals surface area contributed by atoms with Gasteiger partial charge in [-0.15, -0.1) is 0 Å². The van der Waals surface area contributed by atoms with E-state index in [0.29, 0.717) is 0 Å². The zero-order valence-electron chi connectivity index (χ0n) is 14.0. The third-order valence-electron chi connectivity index (χ3n) is 3.22. The minimum Gasteiger partial charge on any atom is -0.302 e. The van der Waals surface area contributed by atoms with E-state index in [9.17, 15) is 4.79 Å². The lowest BCUT2D eigenvalue weighted by Crippen LogP contribution is -2.51. The number of ketones is 1. The van der Waals surface area contributed by atoms with E-state index in [1.165, 1.54) is 11.1 Å². The fraction of sp³-hybridized carbons (Fsp3) is 0.611. The molecule has 0 radical (unpaired) electrons. The van der Waals surface area contributed by atoms with Gasteiger partial charge in [-0.2, -0.15) is 0 Å². The Balaban J connectivity index is 2.93. The summed E-state index contributed by atoms with van der Waals surface area (Å²) in [5.41, 5.74) is 2.05. The summed E-state index contributed by atoms with van der Waals surface area (Å²) in [5, 5.41) is 3.48. The molecular formula is C18H29NO. The van der Waals surface area contributed by atoms with Gasteiger partial charge in [-0.25, -0.2) is 0 Å². The van der Waals surface area contributed by atoms with Crippen molar-refractivity contribution in [2.75, 3.05) is 0 Å². The number of carbonyl (C=O) groups is 1. The third-order valence-corrected chi connectivity index (χ3v) is 3.22. The van der Waals surface area contributed by atoms with E-state index in [1.807, 2.05) is 20.8 Å². The van der Waals surface area contributed by atoms with E-state index in [4.69, 9.17) is 0 Å². The first-order valence-electron chi connectivity index (χ1n) is 7.36. The summed E-state index contributed by atoms with van der Waals surface area (Å²) in [6.45, 7) is 14.3. The maximum atomic E-state index is 12.7. The largest absolute Gasteiger partial charge is 0.302 e. The molecule has 0 aliphatic rings. The summed E-state index contributed by atoms with van der Waals surface area (Å²) in [6.07, 6.45) is 0.744.